The summed E-state index contributed by atoms with van der Waals surface area (Å²) in [4.78, 5) is 0. The molecule has 2 rings (SSSR count). The van der Waals surface area contributed by atoms with Gasteiger partial charge in [0.05, 0.1) is 0 Å². The summed E-state index contributed by atoms with van der Waals surface area (Å²) in [5, 5.41) is 3.29. The number of hydrogen-bond acceptors (Lipinski definition) is 1. The molecule has 0 heterocycles. The topological polar surface area (TPSA) is 12.0 Å². The lowest BCUT2D eigenvalue weighted by molar-refractivity contribution is 0.403. The number of nitrogens with one attached hydrogen (secondary N) is 1. The van der Waals surface area contributed by atoms with Gasteiger partial charge in [-0.2, -0.15) is 0 Å². The second-order valence-electron chi connectivity index (χ2n) is 7.11. The molecule has 0 saturated carbocycles. The van der Waals surface area contributed by atoms with E-state index < -0.39 is 0 Å². The molecule has 118 valence electrons. The minimum absolute atomic E-state index is 0.304. The quantitative estimate of drug-likeness (QED) is 0.657. The van der Waals surface area contributed by atoms with E-state index in [0.29, 0.717) is 10.8 Å². The molecule has 1 aromatic rings. The lowest BCUT2D eigenvalue weighted by Gasteiger charge is -2.22. The van der Waals surface area contributed by atoms with Crippen LogP contribution in [0.15, 0.2) is 12.1 Å². The second-order valence-corrected chi connectivity index (χ2v) is 7.11. The summed E-state index contributed by atoms with van der Waals surface area (Å²) in [7, 11) is 2.00. The molecule has 0 atom stereocenters. The third-order valence-corrected chi connectivity index (χ3v) is 3.98. The summed E-state index contributed by atoms with van der Waals surface area (Å²) in [6.45, 7) is 15.9. The van der Waals surface area contributed by atoms with Crippen molar-refractivity contribution < 1.29 is 0 Å². The summed E-state index contributed by atoms with van der Waals surface area (Å²) in [6.07, 6.45) is 10.5. The van der Waals surface area contributed by atoms with E-state index in [4.69, 9.17) is 0 Å². The Bertz CT molecular complexity index is 478. The van der Waals surface area contributed by atoms with Gasteiger partial charge in [-0.25, -0.2) is 0 Å². The summed E-state index contributed by atoms with van der Waals surface area (Å²) in [5.74, 6) is 0. The fraction of sp³-hybridized carbons (Fsp3) is 0.600. The molecule has 0 amide bonds. The first-order valence-electron chi connectivity index (χ1n) is 7.86. The van der Waals surface area contributed by atoms with Crippen molar-refractivity contribution in [2.45, 2.75) is 72.1 Å². The van der Waals surface area contributed by atoms with Gasteiger partial charge < -0.3 is 5.32 Å². The van der Waals surface area contributed by atoms with Gasteiger partial charge >= 0.3 is 0 Å². The van der Waals surface area contributed by atoms with Crippen LogP contribution < -0.4 is 5.32 Å². The number of fused-ring (bicyclic) bond motifs is 1. The van der Waals surface area contributed by atoms with E-state index in [-0.39, 0.29) is 0 Å². The Kier molecular flexibility index (Phi) is 7.04. The fourth-order valence-electron chi connectivity index (χ4n) is 3.39. The van der Waals surface area contributed by atoms with Gasteiger partial charge in [0, 0.05) is 12.7 Å². The summed E-state index contributed by atoms with van der Waals surface area (Å²) in [5.41, 5.74) is 6.30. The molecule has 0 bridgehead atoms. The molecular formula is C20H33N. The van der Waals surface area contributed by atoms with Crippen molar-refractivity contribution in [2.24, 2.45) is 0 Å². The number of rotatable bonds is 1. The van der Waals surface area contributed by atoms with E-state index in [1.807, 2.05) is 7.05 Å². The predicted molar refractivity (Wildman–Crippen MR) is 97.2 cm³/mol. The number of benzene rings is 1. The van der Waals surface area contributed by atoms with Crippen LogP contribution in [0.1, 0.15) is 71.1 Å². The van der Waals surface area contributed by atoms with Gasteiger partial charge in [-0.3, -0.25) is 0 Å². The molecule has 0 spiro atoms. The Morgan fingerprint density at radius 1 is 1.00 bits per heavy atom. The minimum atomic E-state index is 0.304. The van der Waals surface area contributed by atoms with Crippen molar-refractivity contribution in [3.05, 3.63) is 28.8 Å². The molecule has 1 N–H and O–H groups in total. The maximum Gasteiger partial charge on any atom is 0.0370 e. The van der Waals surface area contributed by atoms with Crippen molar-refractivity contribution in [3.63, 3.8) is 0 Å². The van der Waals surface area contributed by atoms with Crippen molar-refractivity contribution in [3.8, 4) is 12.8 Å². The standard InChI is InChI=1S/C15H23N.C3H8.C2H2/c1-10-7-11-12(8-13(10)16-6)15(4,5)9-14(11,2)3;1-3-2;1-2/h7-8,16H,9H2,1-6H3;3H2,1-2H3;1-2H. The normalized spacial score (nSPS) is 16.7. The van der Waals surface area contributed by atoms with Crippen molar-refractivity contribution >= 4 is 5.69 Å². The summed E-state index contributed by atoms with van der Waals surface area (Å²) in [6, 6.07) is 4.72. The zero-order chi connectivity index (χ0) is 16.8. The second kappa shape index (κ2) is 7.55. The third-order valence-electron chi connectivity index (χ3n) is 3.98. The Balaban J connectivity index is 0.000000713. The van der Waals surface area contributed by atoms with Crippen molar-refractivity contribution in [1.82, 2.24) is 0 Å². The third kappa shape index (κ3) is 4.27. The number of anilines is 1. The van der Waals surface area contributed by atoms with Gasteiger partial charge in [-0.15, -0.1) is 12.8 Å². The zero-order valence-electron chi connectivity index (χ0n) is 15.2. The van der Waals surface area contributed by atoms with Crippen LogP contribution in [0.2, 0.25) is 0 Å². The Morgan fingerprint density at radius 2 is 1.38 bits per heavy atom. The summed E-state index contributed by atoms with van der Waals surface area (Å²) >= 11 is 0. The first-order chi connectivity index (χ1) is 9.69. The van der Waals surface area contributed by atoms with Gasteiger partial charge in [0.25, 0.3) is 0 Å². The zero-order valence-corrected chi connectivity index (χ0v) is 15.2. The van der Waals surface area contributed by atoms with E-state index >= 15 is 0 Å². The van der Waals surface area contributed by atoms with Crippen LogP contribution in [0.3, 0.4) is 0 Å². The Hall–Kier alpha value is -1.42. The monoisotopic (exact) mass is 287 g/mol. The molecule has 0 radical (unpaired) electrons. The lowest BCUT2D eigenvalue weighted by atomic mass is 9.82. The van der Waals surface area contributed by atoms with Crippen LogP contribution in [0, 0.1) is 19.8 Å². The molecule has 0 aliphatic heterocycles. The predicted octanol–water partition coefficient (Wildman–Crippen LogP) is 5.66. The molecule has 0 saturated heterocycles. The molecule has 1 nitrogen and oxygen atoms in total. The number of hydrogen-bond donors (Lipinski definition) is 1. The lowest BCUT2D eigenvalue weighted by Crippen LogP contribution is -2.17. The van der Waals surface area contributed by atoms with E-state index in [9.17, 15) is 0 Å². The minimum Gasteiger partial charge on any atom is -0.388 e. The fourth-order valence-corrected chi connectivity index (χ4v) is 3.39. The highest BCUT2D eigenvalue weighted by molar-refractivity contribution is 5.59. The molecule has 1 heteroatoms. The molecule has 1 aliphatic rings. The highest BCUT2D eigenvalue weighted by Crippen LogP contribution is 2.50. The average molecular weight is 287 g/mol. The van der Waals surface area contributed by atoms with Gasteiger partial charge in [0.15, 0.2) is 0 Å². The highest BCUT2D eigenvalue weighted by atomic mass is 14.8. The first-order valence-corrected chi connectivity index (χ1v) is 7.86. The van der Waals surface area contributed by atoms with Crippen LogP contribution in [0.25, 0.3) is 0 Å². The van der Waals surface area contributed by atoms with Crippen LogP contribution in [-0.2, 0) is 10.8 Å². The maximum absolute atomic E-state index is 4.00. The number of terminal acetylenes is 1. The van der Waals surface area contributed by atoms with Crippen molar-refractivity contribution in [1.29, 1.82) is 0 Å². The molecular weight excluding hydrogens is 254 g/mol. The van der Waals surface area contributed by atoms with E-state index in [1.165, 1.54) is 35.2 Å². The molecule has 21 heavy (non-hydrogen) atoms. The van der Waals surface area contributed by atoms with Crippen LogP contribution in [-0.4, -0.2) is 7.05 Å². The smallest absolute Gasteiger partial charge is 0.0370 e. The van der Waals surface area contributed by atoms with Crippen molar-refractivity contribution in [2.75, 3.05) is 12.4 Å². The van der Waals surface area contributed by atoms with E-state index in [0.717, 1.165) is 0 Å². The molecule has 0 fully saturated rings. The SMILES string of the molecule is C#C.CCC.CNc1cc2c(cc1C)C(C)(C)CC2(C)C. The van der Waals surface area contributed by atoms with Gasteiger partial charge in [-0.05, 0) is 46.9 Å². The number of aryl methyl sites for hydroxylation is 1. The largest absolute Gasteiger partial charge is 0.388 e. The molecule has 0 aromatic heterocycles. The summed E-state index contributed by atoms with van der Waals surface area (Å²) < 4.78 is 0. The first kappa shape index (κ1) is 19.6. The Morgan fingerprint density at radius 3 is 1.76 bits per heavy atom. The van der Waals surface area contributed by atoms with E-state index in [1.54, 1.807) is 0 Å². The van der Waals surface area contributed by atoms with Gasteiger partial charge in [0.2, 0.25) is 0 Å². The van der Waals surface area contributed by atoms with Gasteiger partial charge in [0.1, 0.15) is 0 Å². The van der Waals surface area contributed by atoms with Crippen LogP contribution >= 0.6 is 0 Å². The maximum atomic E-state index is 4.00. The van der Waals surface area contributed by atoms with Crippen LogP contribution in [0.5, 0.6) is 0 Å². The molecule has 1 aromatic carbocycles. The molecule has 1 aliphatic carbocycles. The van der Waals surface area contributed by atoms with E-state index in [2.05, 4.69) is 78.8 Å². The average Bonchev–Trinajstić information content (AvgIpc) is 2.57. The Labute approximate surface area is 132 Å². The highest BCUT2D eigenvalue weighted by Gasteiger charge is 2.41. The molecule has 0 unspecified atom stereocenters. The van der Waals surface area contributed by atoms with Gasteiger partial charge in [-0.1, -0.05) is 54.0 Å². The van der Waals surface area contributed by atoms with Crippen LogP contribution in [0.4, 0.5) is 5.69 Å².